The zero-order valence-electron chi connectivity index (χ0n) is 19.1. The predicted octanol–water partition coefficient (Wildman–Crippen LogP) is 5.36. The minimum atomic E-state index is -0.778. The molecule has 2 aromatic rings. The van der Waals surface area contributed by atoms with Gasteiger partial charge in [0, 0.05) is 12.0 Å². The van der Waals surface area contributed by atoms with Crippen LogP contribution in [0.2, 0.25) is 0 Å². The number of quaternary nitrogens is 1. The van der Waals surface area contributed by atoms with Crippen molar-refractivity contribution in [3.8, 4) is 6.07 Å². The fourth-order valence-electron chi connectivity index (χ4n) is 3.44. The number of benzene rings is 1. The first-order valence-corrected chi connectivity index (χ1v) is 12.1. The Morgan fingerprint density at radius 3 is 2.53 bits per heavy atom. The van der Waals surface area contributed by atoms with Crippen LogP contribution in [0.25, 0.3) is 0 Å². The number of carbonyl (C=O) groups excluding carboxylic acids is 1. The molecule has 0 saturated carbocycles. The minimum Gasteiger partial charge on any atom is -0.460 e. The van der Waals surface area contributed by atoms with Crippen molar-refractivity contribution in [1.82, 2.24) is 0 Å². The highest BCUT2D eigenvalue weighted by Gasteiger charge is 2.29. The molecule has 0 heterocycles. The molecular formula is C26H31N2O2S2+. The molecule has 0 aliphatic rings. The van der Waals surface area contributed by atoms with Crippen molar-refractivity contribution < 1.29 is 14.0 Å². The van der Waals surface area contributed by atoms with E-state index in [1.54, 1.807) is 0 Å². The van der Waals surface area contributed by atoms with Gasteiger partial charge in [0.25, 0.3) is 0 Å². The maximum atomic E-state index is 12.4. The maximum Gasteiger partial charge on any atom is 0.306 e. The highest BCUT2D eigenvalue weighted by atomic mass is 32.2. The van der Waals surface area contributed by atoms with Crippen LogP contribution >= 0.6 is 24.0 Å². The molecule has 6 heteroatoms. The van der Waals surface area contributed by atoms with Crippen LogP contribution in [0.3, 0.4) is 0 Å². The number of thioether (sulfide) groups is 1. The fraction of sp³-hybridized carbons (Fsp3) is 0.423. The SMILES string of the molecule is CC[N+](CC)(CCOC(=O)CCC(C)(C#N)SC(=S)c1ccccc1)Cc1cc#ccc1. The molecule has 0 bridgehead atoms. The van der Waals surface area contributed by atoms with Gasteiger partial charge in [0.15, 0.2) is 0 Å². The number of nitriles is 1. The molecule has 0 radical (unpaired) electrons. The molecule has 4 nitrogen and oxygen atoms in total. The van der Waals surface area contributed by atoms with Gasteiger partial charge in [-0.05, 0) is 51.0 Å². The molecule has 168 valence electrons. The Bertz CT molecular complexity index is 908. The van der Waals surface area contributed by atoms with Crippen molar-refractivity contribution in [3.05, 3.63) is 71.8 Å². The van der Waals surface area contributed by atoms with Crippen LogP contribution in [0.1, 0.15) is 44.7 Å². The molecule has 0 aromatic heterocycles. The molecule has 0 amide bonds. The van der Waals surface area contributed by atoms with Crippen LogP contribution < -0.4 is 0 Å². The molecule has 0 fully saturated rings. The molecule has 0 saturated heterocycles. The van der Waals surface area contributed by atoms with E-state index in [2.05, 4.69) is 38.1 Å². The van der Waals surface area contributed by atoms with Crippen molar-refractivity contribution in [3.63, 3.8) is 0 Å². The summed E-state index contributed by atoms with van der Waals surface area (Å²) < 4.78 is 6.26. The number of carbonyl (C=O) groups is 1. The van der Waals surface area contributed by atoms with Gasteiger partial charge in [-0.2, -0.15) is 5.26 Å². The van der Waals surface area contributed by atoms with Crippen LogP contribution in [-0.4, -0.2) is 45.6 Å². The summed E-state index contributed by atoms with van der Waals surface area (Å²) in [6.07, 6.45) is 0.577. The van der Waals surface area contributed by atoms with Gasteiger partial charge in [0.05, 0.1) is 23.4 Å². The van der Waals surface area contributed by atoms with Gasteiger partial charge in [-0.15, -0.1) is 0 Å². The van der Waals surface area contributed by atoms with Crippen molar-refractivity contribution in [2.45, 2.75) is 44.9 Å². The Labute approximate surface area is 202 Å². The largest absolute Gasteiger partial charge is 0.460 e. The first-order chi connectivity index (χ1) is 15.4. The van der Waals surface area contributed by atoms with E-state index in [4.69, 9.17) is 17.0 Å². The van der Waals surface area contributed by atoms with E-state index in [0.717, 1.165) is 36.2 Å². The van der Waals surface area contributed by atoms with Crippen LogP contribution in [0.4, 0.5) is 0 Å². The van der Waals surface area contributed by atoms with Crippen LogP contribution in [0, 0.1) is 23.5 Å². The number of thiocarbonyl (C=S) groups is 1. The predicted molar refractivity (Wildman–Crippen MR) is 134 cm³/mol. The highest BCUT2D eigenvalue weighted by molar-refractivity contribution is 8.24. The normalized spacial score (nSPS) is 12.8. The lowest BCUT2D eigenvalue weighted by Crippen LogP contribution is -2.49. The number of ether oxygens (including phenoxy) is 1. The van der Waals surface area contributed by atoms with Gasteiger partial charge >= 0.3 is 5.97 Å². The summed E-state index contributed by atoms with van der Waals surface area (Å²) in [6.45, 7) is 10.0. The molecule has 0 spiro atoms. The van der Waals surface area contributed by atoms with Gasteiger partial charge in [-0.1, -0.05) is 66.4 Å². The minimum absolute atomic E-state index is 0.191. The third-order valence-electron chi connectivity index (χ3n) is 5.78. The van der Waals surface area contributed by atoms with Crippen LogP contribution in [0.15, 0.2) is 48.5 Å². The van der Waals surface area contributed by atoms with Gasteiger partial charge in [0.1, 0.15) is 24.4 Å². The summed E-state index contributed by atoms with van der Waals surface area (Å²) in [4.78, 5) is 12.4. The van der Waals surface area contributed by atoms with Crippen molar-refractivity contribution in [1.29, 1.82) is 5.26 Å². The van der Waals surface area contributed by atoms with E-state index >= 15 is 0 Å². The summed E-state index contributed by atoms with van der Waals surface area (Å²) in [7, 11) is 0. The molecule has 1 unspecified atom stereocenters. The second-order valence-electron chi connectivity index (χ2n) is 8.02. The number of hydrogen-bond donors (Lipinski definition) is 0. The molecule has 2 aromatic carbocycles. The smallest absolute Gasteiger partial charge is 0.306 e. The van der Waals surface area contributed by atoms with Crippen molar-refractivity contribution >= 4 is 34.1 Å². The Balaban J connectivity index is 1.84. The van der Waals surface area contributed by atoms with E-state index in [9.17, 15) is 10.1 Å². The topological polar surface area (TPSA) is 50.1 Å². The van der Waals surface area contributed by atoms with E-state index in [-0.39, 0.29) is 12.4 Å². The average molecular weight is 468 g/mol. The number of rotatable bonds is 12. The second kappa shape index (κ2) is 12.6. The lowest BCUT2D eigenvalue weighted by molar-refractivity contribution is -0.937. The third kappa shape index (κ3) is 7.95. The zero-order valence-corrected chi connectivity index (χ0v) is 20.7. The summed E-state index contributed by atoms with van der Waals surface area (Å²) >= 11 is 6.83. The van der Waals surface area contributed by atoms with Crippen molar-refractivity contribution in [2.75, 3.05) is 26.2 Å². The van der Waals surface area contributed by atoms with Gasteiger partial charge in [0.2, 0.25) is 0 Å². The summed E-state index contributed by atoms with van der Waals surface area (Å²) in [5, 5.41) is 9.69. The lowest BCUT2D eigenvalue weighted by Gasteiger charge is -2.36. The Hall–Kier alpha value is -2.38. The second-order valence-corrected chi connectivity index (χ2v) is 10.2. The Kier molecular flexibility index (Phi) is 10.2. The first-order valence-electron chi connectivity index (χ1n) is 10.9. The van der Waals surface area contributed by atoms with E-state index in [0.29, 0.717) is 17.2 Å². The lowest BCUT2D eigenvalue weighted by atomic mass is 10.1. The molecular weight excluding hydrogens is 436 g/mol. The number of hydrogen-bond acceptors (Lipinski definition) is 5. The summed E-state index contributed by atoms with van der Waals surface area (Å²) in [5.74, 6) is -0.273. The van der Waals surface area contributed by atoms with Gasteiger partial charge in [-0.25, -0.2) is 0 Å². The van der Waals surface area contributed by atoms with E-state index < -0.39 is 4.75 Å². The van der Waals surface area contributed by atoms with Gasteiger partial charge in [-0.3, -0.25) is 4.79 Å². The van der Waals surface area contributed by atoms with Gasteiger partial charge < -0.3 is 9.22 Å². The molecule has 2 rings (SSSR count). The number of nitrogens with zero attached hydrogens (tertiary/aromatic N) is 2. The van der Waals surface area contributed by atoms with E-state index in [1.165, 1.54) is 17.3 Å². The number of esters is 1. The summed E-state index contributed by atoms with van der Waals surface area (Å²) in [5.41, 5.74) is 2.12. The van der Waals surface area contributed by atoms with Crippen LogP contribution in [-0.2, 0) is 16.1 Å². The zero-order chi connectivity index (χ0) is 23.5. The Morgan fingerprint density at radius 2 is 1.94 bits per heavy atom. The van der Waals surface area contributed by atoms with Crippen molar-refractivity contribution in [2.24, 2.45) is 0 Å². The standard InChI is InChI=1S/C26H31N2O2S2/c1-4-28(5-2,20-22-12-8-6-9-13-22)18-19-30-24(29)16-17-26(3,21-27)32-25(31)23-14-10-7-11-15-23/h7-8,10-15H,4-5,16-20H2,1-3H3/q+1. The first kappa shape index (κ1) is 25.9. The van der Waals surface area contributed by atoms with Crippen LogP contribution in [0.5, 0.6) is 0 Å². The Morgan fingerprint density at radius 1 is 1.22 bits per heavy atom. The summed E-state index contributed by atoms with van der Waals surface area (Å²) in [6, 6.07) is 23.8. The average Bonchev–Trinajstić information content (AvgIpc) is 2.83. The number of likely N-dealkylation sites (N-methyl/N-ethyl adjacent to an activating group) is 1. The maximum absolute atomic E-state index is 12.4. The molecule has 0 aliphatic carbocycles. The molecule has 0 aliphatic heterocycles. The highest BCUT2D eigenvalue weighted by Crippen LogP contribution is 2.33. The monoisotopic (exact) mass is 467 g/mol. The fourth-order valence-corrected chi connectivity index (χ4v) is 5.04. The molecule has 0 N–H and O–H groups in total. The molecule has 1 atom stereocenters. The quantitative estimate of drug-likeness (QED) is 0.239. The molecule has 32 heavy (non-hydrogen) atoms. The third-order valence-corrected chi connectivity index (χ3v) is 7.43. The van der Waals surface area contributed by atoms with E-state index in [1.807, 2.05) is 49.4 Å².